The van der Waals surface area contributed by atoms with Gasteiger partial charge in [0, 0.05) is 5.39 Å². The van der Waals surface area contributed by atoms with Crippen molar-refractivity contribution < 1.29 is 5.11 Å². The van der Waals surface area contributed by atoms with Gasteiger partial charge in [-0.3, -0.25) is 0 Å². The minimum absolute atomic E-state index is 0.346. The quantitative estimate of drug-likeness (QED) is 0.548. The lowest BCUT2D eigenvalue weighted by atomic mass is 10.2. The van der Waals surface area contributed by atoms with E-state index in [0.717, 1.165) is 10.8 Å². The molecule has 1 N–H and O–H groups in total. The summed E-state index contributed by atoms with van der Waals surface area (Å²) in [5.41, 5.74) is 0. The number of benzene rings is 3. The Morgan fingerprint density at radius 1 is 0.600 bits per heavy atom. The van der Waals surface area contributed by atoms with Crippen LogP contribution in [-0.4, -0.2) is 5.11 Å². The average Bonchev–Trinajstić information content (AvgIpc) is 2.29. The molecule has 1 nitrogen and oxygen atoms in total. The lowest BCUT2D eigenvalue weighted by Gasteiger charge is -2.04. The van der Waals surface area contributed by atoms with E-state index in [1.54, 1.807) is 6.07 Å². The standard InChI is InChI=1S/C14H10O/c15-14-7-3-6-12-11-5-2-1-4-10(11)8-9-13(12)14/h1-9,15H/i1+1,2+1,4+1,5+1,10+1,11+1. The summed E-state index contributed by atoms with van der Waals surface area (Å²) in [6.07, 6.45) is 0. The van der Waals surface area contributed by atoms with Gasteiger partial charge in [-0.25, -0.2) is 0 Å². The molecule has 0 saturated carbocycles. The highest BCUT2D eigenvalue weighted by Gasteiger charge is 2.02. The minimum atomic E-state index is 0.346. The van der Waals surface area contributed by atoms with E-state index in [1.165, 1.54) is 10.8 Å². The van der Waals surface area contributed by atoms with Gasteiger partial charge in [-0.15, -0.1) is 0 Å². The molecule has 0 aliphatic heterocycles. The van der Waals surface area contributed by atoms with Gasteiger partial charge in [0.05, 0.1) is 0 Å². The number of hydrogen-bond donors (Lipinski definition) is 1. The Kier molecular flexibility index (Phi) is 1.65. The second-order valence-corrected chi connectivity index (χ2v) is 3.66. The van der Waals surface area contributed by atoms with Crippen LogP contribution in [0.1, 0.15) is 0 Å². The van der Waals surface area contributed by atoms with Crippen molar-refractivity contribution in [3.8, 4) is 5.75 Å². The maximum Gasteiger partial charge on any atom is 0.123 e. The molecule has 0 fully saturated rings. The van der Waals surface area contributed by atoms with Crippen molar-refractivity contribution in [3.63, 3.8) is 0 Å². The van der Waals surface area contributed by atoms with E-state index in [1.807, 2.05) is 36.4 Å². The fourth-order valence-electron chi connectivity index (χ4n) is 2.02. The molecule has 0 saturated heterocycles. The van der Waals surface area contributed by atoms with Crippen molar-refractivity contribution in [2.45, 2.75) is 0 Å². The van der Waals surface area contributed by atoms with Crippen molar-refractivity contribution in [2.75, 3.05) is 0 Å². The molecule has 15 heavy (non-hydrogen) atoms. The van der Waals surface area contributed by atoms with Gasteiger partial charge in [-0.2, -0.15) is 0 Å². The number of phenolic OH excluding ortho intramolecular Hbond substituents is 1. The molecule has 0 aliphatic carbocycles. The first-order chi connectivity index (χ1) is 7.36. The molecule has 1 heteroatoms. The molecule has 0 amide bonds. The van der Waals surface area contributed by atoms with Gasteiger partial charge < -0.3 is 5.11 Å². The van der Waals surface area contributed by atoms with Crippen LogP contribution in [0.2, 0.25) is 0 Å². The first kappa shape index (κ1) is 8.30. The third kappa shape index (κ3) is 1.17. The van der Waals surface area contributed by atoms with Crippen LogP contribution in [0.25, 0.3) is 21.5 Å². The predicted molar refractivity (Wildman–Crippen MR) is 63.1 cm³/mol. The summed E-state index contributed by atoms with van der Waals surface area (Å²) in [7, 11) is 0. The van der Waals surface area contributed by atoms with E-state index < -0.39 is 0 Å². The van der Waals surface area contributed by atoms with Crippen molar-refractivity contribution in [3.05, 3.63) is 54.6 Å². The Morgan fingerprint density at radius 3 is 2.33 bits per heavy atom. The van der Waals surface area contributed by atoms with Gasteiger partial charge in [0.2, 0.25) is 0 Å². The zero-order valence-electron chi connectivity index (χ0n) is 8.14. The predicted octanol–water partition coefficient (Wildman–Crippen LogP) is 3.70. The monoisotopic (exact) mass is 200 g/mol. The number of phenols is 1. The molecule has 3 aromatic carbocycles. The lowest BCUT2D eigenvalue weighted by Crippen LogP contribution is -1.77. The Hall–Kier alpha value is -2.02. The Labute approximate surface area is 87.6 Å². The van der Waals surface area contributed by atoms with E-state index in [0.29, 0.717) is 5.75 Å². The van der Waals surface area contributed by atoms with Crippen molar-refractivity contribution in [2.24, 2.45) is 0 Å². The molecule has 0 heterocycles. The molecule has 0 atom stereocenters. The highest BCUT2D eigenvalue weighted by atomic mass is 16.3. The largest absolute Gasteiger partial charge is 0.507 e. The fraction of sp³-hybridized carbons (Fsp3) is 0. The molecule has 0 bridgehead atoms. The van der Waals surface area contributed by atoms with Crippen LogP contribution in [0, 0.1) is 0 Å². The number of fused-ring (bicyclic) bond motifs is 3. The van der Waals surface area contributed by atoms with Crippen LogP contribution in [0.5, 0.6) is 5.75 Å². The molecule has 3 rings (SSSR count). The maximum atomic E-state index is 9.73. The Morgan fingerprint density at radius 2 is 1.40 bits per heavy atom. The van der Waals surface area contributed by atoms with Gasteiger partial charge in [0.15, 0.2) is 0 Å². The van der Waals surface area contributed by atoms with Crippen molar-refractivity contribution in [1.29, 1.82) is 0 Å². The summed E-state index contributed by atoms with van der Waals surface area (Å²) in [6, 6.07) is 17.8. The SMILES string of the molecule is Oc1cccc2c1cc[13c]1[13cH][13cH][13cH][13cH][13c]21. The molecule has 72 valence electrons. The Balaban J connectivity index is 2.60. The van der Waals surface area contributed by atoms with Crippen molar-refractivity contribution in [1.82, 2.24) is 0 Å². The van der Waals surface area contributed by atoms with Gasteiger partial charge >= 0.3 is 0 Å². The van der Waals surface area contributed by atoms with Gasteiger partial charge in [0.25, 0.3) is 0 Å². The normalized spacial score (nSPS) is 10.9. The van der Waals surface area contributed by atoms with Crippen LogP contribution in [0.3, 0.4) is 0 Å². The van der Waals surface area contributed by atoms with Crippen molar-refractivity contribution >= 4 is 21.5 Å². The number of aromatic hydroxyl groups is 1. The number of hydrogen-bond acceptors (Lipinski definition) is 1. The highest BCUT2D eigenvalue weighted by molar-refractivity contribution is 6.09. The van der Waals surface area contributed by atoms with Gasteiger partial charge in [-0.1, -0.05) is 48.5 Å². The fourth-order valence-corrected chi connectivity index (χ4v) is 2.02. The van der Waals surface area contributed by atoms with Crippen LogP contribution in [0.15, 0.2) is 54.6 Å². The topological polar surface area (TPSA) is 20.2 Å². The third-order valence-electron chi connectivity index (χ3n) is 2.76. The average molecular weight is 200 g/mol. The van der Waals surface area contributed by atoms with Gasteiger partial charge in [-0.05, 0) is 22.2 Å². The van der Waals surface area contributed by atoms with Crippen LogP contribution in [-0.2, 0) is 0 Å². The molecule has 0 radical (unpaired) electrons. The lowest BCUT2D eigenvalue weighted by molar-refractivity contribution is 0.481. The second kappa shape index (κ2) is 2.99. The van der Waals surface area contributed by atoms with E-state index in [9.17, 15) is 5.11 Å². The van der Waals surface area contributed by atoms with Crippen LogP contribution < -0.4 is 0 Å². The van der Waals surface area contributed by atoms with Crippen LogP contribution >= 0.6 is 0 Å². The van der Waals surface area contributed by atoms with E-state index in [2.05, 4.69) is 12.1 Å². The molecule has 0 unspecified atom stereocenters. The molecular formula is C14H10O. The number of rotatable bonds is 0. The molecule has 0 spiro atoms. The molecule has 0 aliphatic rings. The smallest absolute Gasteiger partial charge is 0.123 e. The van der Waals surface area contributed by atoms with E-state index in [4.69, 9.17) is 0 Å². The van der Waals surface area contributed by atoms with E-state index in [-0.39, 0.29) is 0 Å². The van der Waals surface area contributed by atoms with Crippen LogP contribution in [0.4, 0.5) is 0 Å². The first-order valence-corrected chi connectivity index (χ1v) is 4.96. The summed E-state index contributed by atoms with van der Waals surface area (Å²) < 4.78 is 0. The third-order valence-corrected chi connectivity index (χ3v) is 2.76. The zero-order valence-corrected chi connectivity index (χ0v) is 8.14. The van der Waals surface area contributed by atoms with Gasteiger partial charge in [0.1, 0.15) is 5.75 Å². The Bertz CT molecular complexity index is 641. The molecule has 3 aromatic rings. The van der Waals surface area contributed by atoms with E-state index >= 15 is 0 Å². The zero-order chi connectivity index (χ0) is 10.3. The first-order valence-electron chi connectivity index (χ1n) is 4.96. The highest BCUT2D eigenvalue weighted by Crippen LogP contribution is 2.30. The maximum absolute atomic E-state index is 9.73. The molecular weight excluding hydrogens is 190 g/mol. The summed E-state index contributed by atoms with van der Waals surface area (Å²) in [4.78, 5) is 0. The second-order valence-electron chi connectivity index (χ2n) is 3.66. The summed E-state index contributed by atoms with van der Waals surface area (Å²) in [5.74, 6) is 0.346. The summed E-state index contributed by atoms with van der Waals surface area (Å²) >= 11 is 0. The summed E-state index contributed by atoms with van der Waals surface area (Å²) in [6.45, 7) is 0. The minimum Gasteiger partial charge on any atom is -0.507 e. The molecule has 0 aromatic heterocycles. The summed E-state index contributed by atoms with van der Waals surface area (Å²) in [5, 5.41) is 14.1.